The molecule has 5 nitrogen and oxygen atoms in total. The van der Waals surface area contributed by atoms with Gasteiger partial charge in [0.05, 0.1) is 15.4 Å². The number of carbonyl (C=O) groups excluding carboxylic acids is 1. The smallest absolute Gasteiger partial charge is 0.323 e. The maximum atomic E-state index is 13.0. The molecule has 0 aliphatic heterocycles. The zero-order valence-electron chi connectivity index (χ0n) is 15.6. The first-order chi connectivity index (χ1) is 14.6. The van der Waals surface area contributed by atoms with E-state index in [-0.39, 0.29) is 9.92 Å². The van der Waals surface area contributed by atoms with Gasteiger partial charge in [0.15, 0.2) is 0 Å². The van der Waals surface area contributed by atoms with Crippen LogP contribution in [0.2, 0.25) is 5.02 Å². The normalized spacial score (nSPS) is 12.1. The molecule has 1 amide bonds. The summed E-state index contributed by atoms with van der Waals surface area (Å²) in [6, 6.07) is 10.6. The maximum absolute atomic E-state index is 13.0. The molecule has 1 heterocycles. The summed E-state index contributed by atoms with van der Waals surface area (Å²) in [5.74, 6) is -0.455. The first-order valence-corrected chi connectivity index (χ1v) is 10.5. The number of pyridine rings is 1. The molecule has 0 bridgehead atoms. The van der Waals surface area contributed by atoms with E-state index in [0.29, 0.717) is 17.8 Å². The van der Waals surface area contributed by atoms with E-state index in [0.717, 1.165) is 11.6 Å². The minimum atomic E-state index is -4.74. The molecule has 3 aromatic rings. The highest BCUT2D eigenvalue weighted by molar-refractivity contribution is 7.91. The van der Waals surface area contributed by atoms with Crippen LogP contribution in [0.1, 0.15) is 11.1 Å². The minimum absolute atomic E-state index is 0.244. The number of nitrogens with one attached hydrogen (secondary N) is 1. The molecule has 0 aliphatic rings. The number of sulfone groups is 1. The predicted molar refractivity (Wildman–Crippen MR) is 110 cm³/mol. The summed E-state index contributed by atoms with van der Waals surface area (Å²) in [4.78, 5) is 15.1. The molecule has 2 aromatic carbocycles. The van der Waals surface area contributed by atoms with Crippen molar-refractivity contribution in [1.82, 2.24) is 4.98 Å². The van der Waals surface area contributed by atoms with Gasteiger partial charge in [-0.15, -0.1) is 0 Å². The second-order valence-electron chi connectivity index (χ2n) is 6.31. The highest BCUT2D eigenvalue weighted by Crippen LogP contribution is 2.34. The lowest BCUT2D eigenvalue weighted by molar-refractivity contribution is -0.137. The second kappa shape index (κ2) is 8.91. The van der Waals surface area contributed by atoms with Gasteiger partial charge in [0.25, 0.3) is 0 Å². The Kier molecular flexibility index (Phi) is 6.47. The number of rotatable bonds is 5. The van der Waals surface area contributed by atoms with Gasteiger partial charge < -0.3 is 5.32 Å². The highest BCUT2D eigenvalue weighted by Gasteiger charge is 2.32. The van der Waals surface area contributed by atoms with Crippen LogP contribution in [0.5, 0.6) is 0 Å². The number of aromatic nitrogens is 1. The number of hydrogen-bond donors (Lipinski definition) is 1. The molecule has 3 rings (SSSR count). The van der Waals surface area contributed by atoms with Crippen molar-refractivity contribution in [2.24, 2.45) is 0 Å². The molecular formula is C21H14ClF3N2O3S. The van der Waals surface area contributed by atoms with Crippen molar-refractivity contribution in [2.45, 2.75) is 16.0 Å². The lowest BCUT2D eigenvalue weighted by Crippen LogP contribution is -2.09. The van der Waals surface area contributed by atoms with Crippen LogP contribution < -0.4 is 5.32 Å². The summed E-state index contributed by atoms with van der Waals surface area (Å²) >= 11 is 5.68. The third kappa shape index (κ3) is 5.71. The fourth-order valence-electron chi connectivity index (χ4n) is 2.57. The van der Waals surface area contributed by atoms with E-state index in [1.165, 1.54) is 30.3 Å². The Labute approximate surface area is 181 Å². The molecule has 0 saturated carbocycles. The molecule has 0 saturated heterocycles. The van der Waals surface area contributed by atoms with E-state index in [2.05, 4.69) is 10.3 Å². The van der Waals surface area contributed by atoms with E-state index in [1.54, 1.807) is 30.6 Å². The lowest BCUT2D eigenvalue weighted by Gasteiger charge is -2.11. The van der Waals surface area contributed by atoms with Gasteiger partial charge in [-0.3, -0.25) is 9.78 Å². The Morgan fingerprint density at radius 1 is 1.03 bits per heavy atom. The number of amides is 1. The van der Waals surface area contributed by atoms with Crippen molar-refractivity contribution in [3.8, 4) is 0 Å². The Bertz CT molecular complexity index is 1230. The molecule has 0 aliphatic carbocycles. The van der Waals surface area contributed by atoms with Crippen LogP contribution >= 0.6 is 11.6 Å². The summed E-state index contributed by atoms with van der Waals surface area (Å²) in [5.41, 5.74) is -0.136. The molecule has 0 fully saturated rings. The number of carbonyl (C=O) groups is 1. The van der Waals surface area contributed by atoms with Crippen LogP contribution in [0, 0.1) is 0 Å². The third-order valence-corrected chi connectivity index (χ3v) is 6.02. The number of anilines is 1. The summed E-state index contributed by atoms with van der Waals surface area (Å²) < 4.78 is 64.4. The van der Waals surface area contributed by atoms with Crippen molar-refractivity contribution in [3.05, 3.63) is 89.2 Å². The zero-order valence-corrected chi connectivity index (χ0v) is 17.2. The molecule has 1 N–H and O–H groups in total. The van der Waals surface area contributed by atoms with Gasteiger partial charge in [-0.1, -0.05) is 17.7 Å². The first-order valence-electron chi connectivity index (χ1n) is 8.68. The zero-order chi connectivity index (χ0) is 22.6. The average molecular weight is 467 g/mol. The van der Waals surface area contributed by atoms with Gasteiger partial charge in [0.1, 0.15) is 0 Å². The highest BCUT2D eigenvalue weighted by atomic mass is 35.5. The van der Waals surface area contributed by atoms with E-state index < -0.39 is 32.4 Å². The summed E-state index contributed by atoms with van der Waals surface area (Å²) in [6.45, 7) is 0. The number of nitrogens with zero attached hydrogens (tertiary/aromatic N) is 1. The Hall–Kier alpha value is -3.17. The maximum Gasteiger partial charge on any atom is 0.416 e. The molecular weight excluding hydrogens is 453 g/mol. The van der Waals surface area contributed by atoms with E-state index >= 15 is 0 Å². The van der Waals surface area contributed by atoms with Crippen molar-refractivity contribution in [2.75, 3.05) is 5.32 Å². The first kappa shape index (κ1) is 22.5. The van der Waals surface area contributed by atoms with E-state index in [9.17, 15) is 26.4 Å². The molecule has 0 atom stereocenters. The predicted octanol–water partition coefficient (Wildman–Crippen LogP) is 5.24. The number of hydrogen-bond acceptors (Lipinski definition) is 4. The van der Waals surface area contributed by atoms with E-state index in [4.69, 9.17) is 11.6 Å². The molecule has 10 heteroatoms. The SMILES string of the molecule is O=C(C=Cc1cccnc1)Nc1ccc(S(=O)(=O)c2cc(Cl)cc(C(F)(F)F)c2)cc1. The fraction of sp³-hybridized carbons (Fsp3) is 0.0476. The Balaban J connectivity index is 1.78. The molecule has 0 spiro atoms. The Morgan fingerprint density at radius 2 is 1.74 bits per heavy atom. The van der Waals surface area contributed by atoms with Crippen molar-refractivity contribution in [3.63, 3.8) is 0 Å². The monoisotopic (exact) mass is 466 g/mol. The molecule has 0 radical (unpaired) electrons. The Morgan fingerprint density at radius 3 is 2.35 bits per heavy atom. The summed E-state index contributed by atoms with van der Waals surface area (Å²) in [5, 5.41) is 2.21. The molecule has 1 aromatic heterocycles. The van der Waals surface area contributed by atoms with Crippen LogP contribution in [-0.4, -0.2) is 19.3 Å². The lowest BCUT2D eigenvalue weighted by atomic mass is 10.2. The van der Waals surface area contributed by atoms with Crippen LogP contribution in [-0.2, 0) is 20.8 Å². The number of benzene rings is 2. The molecule has 31 heavy (non-hydrogen) atoms. The van der Waals surface area contributed by atoms with Gasteiger partial charge in [0, 0.05) is 29.2 Å². The van der Waals surface area contributed by atoms with Gasteiger partial charge in [-0.2, -0.15) is 13.2 Å². The third-order valence-electron chi connectivity index (χ3n) is 4.05. The van der Waals surface area contributed by atoms with Gasteiger partial charge >= 0.3 is 6.18 Å². The van der Waals surface area contributed by atoms with Crippen LogP contribution in [0.15, 0.2) is 82.9 Å². The van der Waals surface area contributed by atoms with E-state index in [1.807, 2.05) is 0 Å². The standard InChI is InChI=1S/C21H14ClF3N2O3S/c22-16-10-15(21(23,24)25)11-19(12-16)31(29,30)18-6-4-17(5-7-18)27-20(28)8-3-14-2-1-9-26-13-14/h1-13H,(H,27,28). The van der Waals surface area contributed by atoms with Crippen LogP contribution in [0.4, 0.5) is 18.9 Å². The second-order valence-corrected chi connectivity index (χ2v) is 8.70. The van der Waals surface area contributed by atoms with Crippen molar-refractivity contribution in [1.29, 1.82) is 0 Å². The van der Waals surface area contributed by atoms with Crippen molar-refractivity contribution < 1.29 is 26.4 Å². The number of halogens is 4. The van der Waals surface area contributed by atoms with Crippen molar-refractivity contribution >= 4 is 39.1 Å². The fourth-order valence-corrected chi connectivity index (χ4v) is 4.20. The average Bonchev–Trinajstić information content (AvgIpc) is 2.72. The van der Waals surface area contributed by atoms with Gasteiger partial charge in [-0.05, 0) is 60.2 Å². The van der Waals surface area contributed by atoms with Gasteiger partial charge in [-0.25, -0.2) is 8.42 Å². The minimum Gasteiger partial charge on any atom is -0.323 e. The van der Waals surface area contributed by atoms with Crippen LogP contribution in [0.3, 0.4) is 0 Å². The molecule has 0 unspecified atom stereocenters. The van der Waals surface area contributed by atoms with Crippen LogP contribution in [0.25, 0.3) is 6.08 Å². The summed E-state index contributed by atoms with van der Waals surface area (Å²) in [6.07, 6.45) is 1.27. The number of alkyl halides is 3. The quantitative estimate of drug-likeness (QED) is 0.522. The molecule has 160 valence electrons. The van der Waals surface area contributed by atoms with Gasteiger partial charge in [0.2, 0.25) is 15.7 Å². The summed E-state index contributed by atoms with van der Waals surface area (Å²) in [7, 11) is -4.25. The topological polar surface area (TPSA) is 76.1 Å². The largest absolute Gasteiger partial charge is 0.416 e.